The van der Waals surface area contributed by atoms with Crippen LogP contribution in [-0.2, 0) is 6.54 Å². The zero-order chi connectivity index (χ0) is 12.3. The van der Waals surface area contributed by atoms with E-state index in [0.717, 1.165) is 16.9 Å². The van der Waals surface area contributed by atoms with Crippen molar-refractivity contribution in [2.24, 2.45) is 0 Å². The second kappa shape index (κ2) is 4.78. The number of aryl methyl sites for hydroxylation is 2. The third kappa shape index (κ3) is 2.69. The molecule has 2 rings (SSSR count). The number of anilines is 2. The highest BCUT2D eigenvalue weighted by Crippen LogP contribution is 2.13. The average Bonchev–Trinajstić information content (AvgIpc) is 2.32. The highest BCUT2D eigenvalue weighted by Gasteiger charge is 2.03. The van der Waals surface area contributed by atoms with E-state index in [1.807, 2.05) is 19.2 Å². The van der Waals surface area contributed by atoms with Crippen molar-refractivity contribution in [2.45, 2.75) is 20.4 Å². The Morgan fingerprint density at radius 1 is 1.24 bits per heavy atom. The van der Waals surface area contributed by atoms with Crippen LogP contribution in [-0.4, -0.2) is 15.0 Å². The molecule has 5 heteroatoms. The lowest BCUT2D eigenvalue weighted by atomic mass is 10.1. The van der Waals surface area contributed by atoms with Crippen molar-refractivity contribution in [3.63, 3.8) is 0 Å². The number of nitrogen functional groups attached to an aromatic ring is 1. The van der Waals surface area contributed by atoms with Gasteiger partial charge < -0.3 is 11.1 Å². The normalized spacial score (nSPS) is 10.2. The molecular formula is C12H15N5. The van der Waals surface area contributed by atoms with Crippen molar-refractivity contribution in [2.75, 3.05) is 11.1 Å². The highest BCUT2D eigenvalue weighted by atomic mass is 15.1. The molecule has 0 spiro atoms. The van der Waals surface area contributed by atoms with E-state index in [9.17, 15) is 0 Å². The Bertz CT molecular complexity index is 524. The van der Waals surface area contributed by atoms with Crippen molar-refractivity contribution in [1.82, 2.24) is 15.0 Å². The van der Waals surface area contributed by atoms with Gasteiger partial charge >= 0.3 is 0 Å². The number of hydrogen-bond donors (Lipinski definition) is 2. The quantitative estimate of drug-likeness (QED) is 0.837. The average molecular weight is 229 g/mol. The van der Waals surface area contributed by atoms with Gasteiger partial charge in [0.15, 0.2) is 0 Å². The van der Waals surface area contributed by atoms with Gasteiger partial charge in [0, 0.05) is 30.7 Å². The minimum Gasteiger partial charge on any atom is -0.368 e. The Balaban J connectivity index is 2.12. The largest absolute Gasteiger partial charge is 0.368 e. The van der Waals surface area contributed by atoms with E-state index in [4.69, 9.17) is 5.73 Å². The first kappa shape index (κ1) is 11.3. The van der Waals surface area contributed by atoms with E-state index in [1.54, 1.807) is 12.4 Å². The molecule has 88 valence electrons. The highest BCUT2D eigenvalue weighted by molar-refractivity contribution is 5.45. The number of aromatic nitrogens is 3. The molecule has 0 unspecified atom stereocenters. The minimum absolute atomic E-state index is 0.279. The maximum absolute atomic E-state index is 5.55. The smallest absolute Gasteiger partial charge is 0.221 e. The van der Waals surface area contributed by atoms with Crippen molar-refractivity contribution >= 4 is 11.8 Å². The van der Waals surface area contributed by atoms with Crippen LogP contribution in [0.4, 0.5) is 11.8 Å². The molecule has 0 aliphatic heterocycles. The first-order valence-electron chi connectivity index (χ1n) is 5.39. The van der Waals surface area contributed by atoms with Gasteiger partial charge in [-0.25, -0.2) is 4.98 Å². The van der Waals surface area contributed by atoms with E-state index in [0.29, 0.717) is 6.54 Å². The van der Waals surface area contributed by atoms with Gasteiger partial charge in [0.05, 0.1) is 0 Å². The molecule has 2 aromatic heterocycles. The van der Waals surface area contributed by atoms with Gasteiger partial charge in [0.25, 0.3) is 0 Å². The lowest BCUT2D eigenvalue weighted by Gasteiger charge is -2.09. The van der Waals surface area contributed by atoms with Gasteiger partial charge in [-0.15, -0.1) is 0 Å². The van der Waals surface area contributed by atoms with E-state index in [2.05, 4.69) is 27.2 Å². The molecule has 0 saturated heterocycles. The summed E-state index contributed by atoms with van der Waals surface area (Å²) in [4.78, 5) is 12.2. The minimum atomic E-state index is 0.279. The number of rotatable bonds is 3. The number of nitrogens with two attached hydrogens (primary N) is 1. The Hall–Kier alpha value is -2.17. The Kier molecular flexibility index (Phi) is 3.18. The lowest BCUT2D eigenvalue weighted by molar-refractivity contribution is 1.04. The summed E-state index contributed by atoms with van der Waals surface area (Å²) >= 11 is 0. The van der Waals surface area contributed by atoms with Crippen molar-refractivity contribution < 1.29 is 0 Å². The monoisotopic (exact) mass is 229 g/mol. The Labute approximate surface area is 100 Å². The summed E-state index contributed by atoms with van der Waals surface area (Å²) in [7, 11) is 0. The molecule has 0 fully saturated rings. The van der Waals surface area contributed by atoms with Gasteiger partial charge in [0.1, 0.15) is 5.82 Å². The Morgan fingerprint density at radius 2 is 2.06 bits per heavy atom. The van der Waals surface area contributed by atoms with E-state index in [1.165, 1.54) is 5.56 Å². The molecule has 0 aliphatic carbocycles. The topological polar surface area (TPSA) is 76.7 Å². The standard InChI is InChI=1S/C12H15N5/c1-8-3-4-14-6-10(8)7-15-11-9(2)5-16-12(13)17-11/h3-6H,7H2,1-2H3,(H3,13,15,16,17). The zero-order valence-electron chi connectivity index (χ0n) is 9.94. The summed E-state index contributed by atoms with van der Waals surface area (Å²) in [5.41, 5.74) is 8.87. The third-order valence-corrected chi connectivity index (χ3v) is 2.58. The molecule has 0 amide bonds. The summed E-state index contributed by atoms with van der Waals surface area (Å²) in [6.45, 7) is 4.68. The van der Waals surface area contributed by atoms with Gasteiger partial charge in [-0.05, 0) is 31.0 Å². The fraction of sp³-hybridized carbons (Fsp3) is 0.250. The molecule has 0 bridgehead atoms. The fourth-order valence-electron chi connectivity index (χ4n) is 1.50. The molecule has 2 aromatic rings. The number of nitrogens with one attached hydrogen (secondary N) is 1. The van der Waals surface area contributed by atoms with Crippen LogP contribution >= 0.6 is 0 Å². The lowest BCUT2D eigenvalue weighted by Crippen LogP contribution is -2.07. The molecule has 3 N–H and O–H groups in total. The third-order valence-electron chi connectivity index (χ3n) is 2.58. The summed E-state index contributed by atoms with van der Waals surface area (Å²) in [6.07, 6.45) is 5.34. The van der Waals surface area contributed by atoms with E-state index >= 15 is 0 Å². The molecular weight excluding hydrogens is 214 g/mol. The molecule has 0 radical (unpaired) electrons. The molecule has 0 aliphatic rings. The van der Waals surface area contributed by atoms with E-state index < -0.39 is 0 Å². The van der Waals surface area contributed by atoms with Crippen LogP contribution in [0.5, 0.6) is 0 Å². The molecule has 0 atom stereocenters. The van der Waals surface area contributed by atoms with Crippen LogP contribution in [0.1, 0.15) is 16.7 Å². The van der Waals surface area contributed by atoms with E-state index in [-0.39, 0.29) is 5.95 Å². The van der Waals surface area contributed by atoms with Crippen LogP contribution in [0.2, 0.25) is 0 Å². The van der Waals surface area contributed by atoms with Crippen LogP contribution in [0.3, 0.4) is 0 Å². The van der Waals surface area contributed by atoms with Crippen molar-refractivity contribution in [3.8, 4) is 0 Å². The van der Waals surface area contributed by atoms with Crippen LogP contribution < -0.4 is 11.1 Å². The number of nitrogens with zero attached hydrogens (tertiary/aromatic N) is 3. The maximum Gasteiger partial charge on any atom is 0.221 e. The first-order valence-corrected chi connectivity index (χ1v) is 5.39. The van der Waals surface area contributed by atoms with Gasteiger partial charge in [-0.1, -0.05) is 0 Å². The molecule has 0 saturated carbocycles. The fourth-order valence-corrected chi connectivity index (χ4v) is 1.50. The predicted octanol–water partition coefficient (Wildman–Crippen LogP) is 1.68. The van der Waals surface area contributed by atoms with Crippen LogP contribution in [0.15, 0.2) is 24.7 Å². The van der Waals surface area contributed by atoms with Crippen molar-refractivity contribution in [3.05, 3.63) is 41.3 Å². The molecule has 0 aromatic carbocycles. The summed E-state index contributed by atoms with van der Waals surface area (Å²) < 4.78 is 0. The van der Waals surface area contributed by atoms with Crippen LogP contribution in [0, 0.1) is 13.8 Å². The van der Waals surface area contributed by atoms with Gasteiger partial charge in [-0.3, -0.25) is 4.98 Å². The first-order chi connectivity index (χ1) is 8.16. The van der Waals surface area contributed by atoms with Gasteiger partial charge in [-0.2, -0.15) is 4.98 Å². The molecule has 5 nitrogen and oxygen atoms in total. The maximum atomic E-state index is 5.55. The second-order valence-corrected chi connectivity index (χ2v) is 3.92. The summed E-state index contributed by atoms with van der Waals surface area (Å²) in [5, 5.41) is 3.24. The predicted molar refractivity (Wildman–Crippen MR) is 67.5 cm³/mol. The zero-order valence-corrected chi connectivity index (χ0v) is 9.94. The number of hydrogen-bond acceptors (Lipinski definition) is 5. The Morgan fingerprint density at radius 3 is 2.82 bits per heavy atom. The van der Waals surface area contributed by atoms with Crippen molar-refractivity contribution in [1.29, 1.82) is 0 Å². The molecule has 2 heterocycles. The van der Waals surface area contributed by atoms with Crippen LogP contribution in [0.25, 0.3) is 0 Å². The number of pyridine rings is 1. The summed E-state index contributed by atoms with van der Waals surface area (Å²) in [5.74, 6) is 1.04. The summed E-state index contributed by atoms with van der Waals surface area (Å²) in [6, 6.07) is 1.98. The van der Waals surface area contributed by atoms with Gasteiger partial charge in [0.2, 0.25) is 5.95 Å². The SMILES string of the molecule is Cc1ccncc1CNc1nc(N)ncc1C. The second-order valence-electron chi connectivity index (χ2n) is 3.92. The molecule has 17 heavy (non-hydrogen) atoms.